The van der Waals surface area contributed by atoms with Crippen LogP contribution in [-0.4, -0.2) is 36.9 Å². The van der Waals surface area contributed by atoms with E-state index < -0.39 is 12.8 Å². The third kappa shape index (κ3) is 3.20. The molecule has 1 aliphatic heterocycles. The highest BCUT2D eigenvalue weighted by atomic mass is 19.1. The second-order valence-electron chi connectivity index (χ2n) is 3.40. The van der Waals surface area contributed by atoms with Gasteiger partial charge in [0.15, 0.2) is 0 Å². The van der Waals surface area contributed by atoms with Gasteiger partial charge in [-0.3, -0.25) is 0 Å². The predicted octanol–water partition coefficient (Wildman–Crippen LogP) is 1.97. The molecule has 0 bridgehead atoms. The molecule has 1 rings (SSSR count). The first-order valence-corrected chi connectivity index (χ1v) is 4.75. The summed E-state index contributed by atoms with van der Waals surface area (Å²) in [6.45, 7) is 2.44. The Bertz CT molecular complexity index is 169. The van der Waals surface area contributed by atoms with Crippen LogP contribution in [0.4, 0.5) is 9.18 Å². The molecule has 1 fully saturated rings. The molecule has 0 aromatic heterocycles. The number of amides is 1. The van der Waals surface area contributed by atoms with Gasteiger partial charge in [0, 0.05) is 13.1 Å². The van der Waals surface area contributed by atoms with Gasteiger partial charge in [0.2, 0.25) is 0 Å². The molecule has 0 radical (unpaired) electrons. The first-order chi connectivity index (χ1) is 6.24. The highest BCUT2D eigenvalue weighted by Gasteiger charge is 2.19. The molecule has 0 aromatic rings. The Labute approximate surface area is 77.9 Å². The molecule has 1 amide bonds. The number of hydrogen-bond acceptors (Lipinski definition) is 2. The number of piperidine rings is 1. The Hall–Kier alpha value is -0.800. The van der Waals surface area contributed by atoms with Gasteiger partial charge in [-0.25, -0.2) is 9.18 Å². The molecule has 1 heterocycles. The standard InChI is InChI=1S/C9H16FNO2/c1-8(7-10)13-9(12)11-5-3-2-4-6-11/h8H,2-7H2,1H3. The Morgan fingerprint density at radius 2 is 2.08 bits per heavy atom. The Balaban J connectivity index is 2.29. The lowest BCUT2D eigenvalue weighted by Crippen LogP contribution is -2.37. The van der Waals surface area contributed by atoms with Crippen LogP contribution in [0, 0.1) is 0 Å². The van der Waals surface area contributed by atoms with E-state index in [1.165, 1.54) is 6.42 Å². The normalized spacial score (nSPS) is 19.7. The van der Waals surface area contributed by atoms with Crippen molar-refractivity contribution in [3.05, 3.63) is 0 Å². The SMILES string of the molecule is CC(CF)OC(=O)N1CCCCC1. The fourth-order valence-corrected chi connectivity index (χ4v) is 1.35. The lowest BCUT2D eigenvalue weighted by Gasteiger charge is -2.26. The summed E-state index contributed by atoms with van der Waals surface area (Å²) in [5, 5.41) is 0. The third-order valence-electron chi connectivity index (χ3n) is 2.13. The van der Waals surface area contributed by atoms with E-state index in [1.807, 2.05) is 0 Å². The fourth-order valence-electron chi connectivity index (χ4n) is 1.35. The van der Waals surface area contributed by atoms with Crippen molar-refractivity contribution in [1.29, 1.82) is 0 Å². The smallest absolute Gasteiger partial charge is 0.410 e. The number of nitrogens with zero attached hydrogens (tertiary/aromatic N) is 1. The van der Waals surface area contributed by atoms with Crippen LogP contribution in [0.25, 0.3) is 0 Å². The molecule has 1 unspecified atom stereocenters. The van der Waals surface area contributed by atoms with Gasteiger partial charge in [0.05, 0.1) is 0 Å². The highest BCUT2D eigenvalue weighted by Crippen LogP contribution is 2.10. The number of alkyl halides is 1. The molecule has 3 nitrogen and oxygen atoms in total. The minimum absolute atomic E-state index is 0.371. The van der Waals surface area contributed by atoms with Crippen LogP contribution < -0.4 is 0 Å². The van der Waals surface area contributed by atoms with E-state index in [1.54, 1.807) is 11.8 Å². The summed E-state index contributed by atoms with van der Waals surface area (Å²) in [6.07, 6.45) is 2.24. The zero-order chi connectivity index (χ0) is 9.68. The Kier molecular flexibility index (Phi) is 3.99. The van der Waals surface area contributed by atoms with Crippen molar-refractivity contribution in [2.24, 2.45) is 0 Å². The van der Waals surface area contributed by atoms with Gasteiger partial charge in [0.1, 0.15) is 12.8 Å². The quantitative estimate of drug-likeness (QED) is 0.664. The summed E-state index contributed by atoms with van der Waals surface area (Å²) < 4.78 is 16.9. The minimum atomic E-state index is -0.616. The molecule has 1 saturated heterocycles. The molecule has 4 heteroatoms. The second-order valence-corrected chi connectivity index (χ2v) is 3.40. The summed E-state index contributed by atoms with van der Waals surface area (Å²) in [7, 11) is 0. The number of halogens is 1. The molecular formula is C9H16FNO2. The zero-order valence-corrected chi connectivity index (χ0v) is 7.96. The number of ether oxygens (including phenoxy) is 1. The summed E-state index contributed by atoms with van der Waals surface area (Å²) in [5.74, 6) is 0. The number of rotatable bonds is 2. The van der Waals surface area contributed by atoms with Crippen LogP contribution in [0.1, 0.15) is 26.2 Å². The van der Waals surface area contributed by atoms with E-state index in [2.05, 4.69) is 0 Å². The van der Waals surface area contributed by atoms with Crippen molar-refractivity contribution < 1.29 is 13.9 Å². The summed E-state index contributed by atoms with van der Waals surface area (Å²) in [5.41, 5.74) is 0. The molecule has 1 atom stereocenters. The number of carbonyl (C=O) groups is 1. The average Bonchev–Trinajstić information content (AvgIpc) is 2.19. The average molecular weight is 189 g/mol. The van der Waals surface area contributed by atoms with Crippen molar-refractivity contribution in [1.82, 2.24) is 4.90 Å². The van der Waals surface area contributed by atoms with E-state index in [0.29, 0.717) is 0 Å². The molecule has 76 valence electrons. The van der Waals surface area contributed by atoms with Crippen LogP contribution in [0.2, 0.25) is 0 Å². The van der Waals surface area contributed by atoms with E-state index in [9.17, 15) is 9.18 Å². The van der Waals surface area contributed by atoms with Gasteiger partial charge >= 0.3 is 6.09 Å². The van der Waals surface area contributed by atoms with Gasteiger partial charge in [-0.2, -0.15) is 0 Å². The minimum Gasteiger partial charge on any atom is -0.444 e. The first kappa shape index (κ1) is 10.3. The Morgan fingerprint density at radius 3 is 2.62 bits per heavy atom. The topological polar surface area (TPSA) is 29.5 Å². The molecule has 0 aliphatic carbocycles. The number of carbonyl (C=O) groups excluding carboxylic acids is 1. The monoisotopic (exact) mass is 189 g/mol. The molecule has 1 aliphatic rings. The van der Waals surface area contributed by atoms with E-state index in [4.69, 9.17) is 4.74 Å². The fraction of sp³-hybridized carbons (Fsp3) is 0.889. The van der Waals surface area contributed by atoms with Gasteiger partial charge in [-0.1, -0.05) is 0 Å². The van der Waals surface area contributed by atoms with Crippen LogP contribution in [0.5, 0.6) is 0 Å². The largest absolute Gasteiger partial charge is 0.444 e. The predicted molar refractivity (Wildman–Crippen MR) is 47.3 cm³/mol. The molecule has 0 spiro atoms. The zero-order valence-electron chi connectivity index (χ0n) is 7.96. The molecule has 0 saturated carbocycles. The molecule has 0 aromatic carbocycles. The first-order valence-electron chi connectivity index (χ1n) is 4.75. The summed E-state index contributed by atoms with van der Waals surface area (Å²) in [4.78, 5) is 13.0. The van der Waals surface area contributed by atoms with Crippen molar-refractivity contribution >= 4 is 6.09 Å². The van der Waals surface area contributed by atoms with Crippen LogP contribution in [0.15, 0.2) is 0 Å². The Morgan fingerprint density at radius 1 is 1.46 bits per heavy atom. The molecular weight excluding hydrogens is 173 g/mol. The van der Waals surface area contributed by atoms with Crippen molar-refractivity contribution in [3.63, 3.8) is 0 Å². The van der Waals surface area contributed by atoms with Gasteiger partial charge in [-0.05, 0) is 26.2 Å². The highest BCUT2D eigenvalue weighted by molar-refractivity contribution is 5.67. The summed E-state index contributed by atoms with van der Waals surface area (Å²) in [6, 6.07) is 0. The van der Waals surface area contributed by atoms with Crippen molar-refractivity contribution in [2.75, 3.05) is 19.8 Å². The van der Waals surface area contributed by atoms with E-state index in [-0.39, 0.29) is 6.09 Å². The van der Waals surface area contributed by atoms with E-state index in [0.717, 1.165) is 25.9 Å². The van der Waals surface area contributed by atoms with Crippen LogP contribution >= 0.6 is 0 Å². The van der Waals surface area contributed by atoms with Crippen LogP contribution in [-0.2, 0) is 4.74 Å². The van der Waals surface area contributed by atoms with Gasteiger partial charge in [0.25, 0.3) is 0 Å². The lowest BCUT2D eigenvalue weighted by molar-refractivity contribution is 0.0544. The molecule has 13 heavy (non-hydrogen) atoms. The maximum atomic E-state index is 12.0. The third-order valence-corrected chi connectivity index (χ3v) is 2.13. The molecule has 0 N–H and O–H groups in total. The van der Waals surface area contributed by atoms with Gasteiger partial charge in [-0.15, -0.1) is 0 Å². The van der Waals surface area contributed by atoms with Crippen molar-refractivity contribution in [2.45, 2.75) is 32.3 Å². The van der Waals surface area contributed by atoms with Gasteiger partial charge < -0.3 is 9.64 Å². The van der Waals surface area contributed by atoms with Crippen molar-refractivity contribution in [3.8, 4) is 0 Å². The number of likely N-dealkylation sites (tertiary alicyclic amines) is 1. The maximum Gasteiger partial charge on any atom is 0.410 e. The summed E-state index contributed by atoms with van der Waals surface area (Å²) >= 11 is 0. The maximum absolute atomic E-state index is 12.0. The number of hydrogen-bond donors (Lipinski definition) is 0. The van der Waals surface area contributed by atoms with E-state index >= 15 is 0 Å². The second kappa shape index (κ2) is 5.04. The van der Waals surface area contributed by atoms with Crippen LogP contribution in [0.3, 0.4) is 0 Å². The lowest BCUT2D eigenvalue weighted by atomic mass is 10.1.